The molecule has 0 saturated heterocycles. The number of aromatic nitrogens is 1. The summed E-state index contributed by atoms with van der Waals surface area (Å²) in [7, 11) is 0. The third-order valence-corrected chi connectivity index (χ3v) is 5.49. The Morgan fingerprint density at radius 3 is 2.65 bits per heavy atom. The molecule has 1 aliphatic rings. The minimum absolute atomic E-state index is 0.159. The highest BCUT2D eigenvalue weighted by Crippen LogP contribution is 2.42. The molecule has 1 amide bonds. The number of nitro benzene ring substituents is 1. The minimum atomic E-state index is -1.05. The van der Waals surface area contributed by atoms with E-state index in [-0.39, 0.29) is 16.4 Å². The van der Waals surface area contributed by atoms with Crippen LogP contribution in [0.1, 0.15) is 17.2 Å². The van der Waals surface area contributed by atoms with Gasteiger partial charge < -0.3 is 5.11 Å². The number of nitrogens with zero attached hydrogens (tertiary/aromatic N) is 3. The Balaban J connectivity index is 1.80. The summed E-state index contributed by atoms with van der Waals surface area (Å²) in [6, 6.07) is 13.7. The van der Waals surface area contributed by atoms with E-state index in [0.29, 0.717) is 5.56 Å². The van der Waals surface area contributed by atoms with E-state index in [2.05, 4.69) is 4.98 Å². The number of carbonyl (C=O) groups excluding carboxylic acids is 2. The Bertz CT molecular complexity index is 1220. The number of benzene rings is 2. The van der Waals surface area contributed by atoms with E-state index >= 15 is 0 Å². The number of allylic oxidation sites excluding steroid dienone is 1. The molecule has 9 heteroatoms. The van der Waals surface area contributed by atoms with Crippen LogP contribution in [0.4, 0.5) is 10.8 Å². The van der Waals surface area contributed by atoms with Gasteiger partial charge in [-0.3, -0.25) is 24.6 Å². The molecule has 154 valence electrons. The molecule has 1 aliphatic heterocycles. The summed E-state index contributed by atoms with van der Waals surface area (Å²) >= 11 is 1.15. The summed E-state index contributed by atoms with van der Waals surface area (Å²) < 4.78 is 0. The highest BCUT2D eigenvalue weighted by atomic mass is 32.1. The molecule has 1 aromatic heterocycles. The molecule has 0 bridgehead atoms. The fourth-order valence-corrected chi connectivity index (χ4v) is 4.01. The molecule has 1 unspecified atom stereocenters. The molecule has 1 N–H and O–H groups in total. The maximum Gasteiger partial charge on any atom is 0.296 e. The minimum Gasteiger partial charge on any atom is -0.503 e. The fraction of sp³-hybridized carbons (Fsp3) is 0.0455. The number of thiazole rings is 1. The number of aliphatic hydroxyl groups is 1. The van der Waals surface area contributed by atoms with E-state index in [1.165, 1.54) is 35.4 Å². The van der Waals surface area contributed by atoms with Crippen LogP contribution in [0, 0.1) is 10.1 Å². The van der Waals surface area contributed by atoms with Gasteiger partial charge in [-0.25, -0.2) is 4.98 Å². The molecule has 0 spiro atoms. The summed E-state index contributed by atoms with van der Waals surface area (Å²) in [5.74, 6) is -2.07. The summed E-state index contributed by atoms with van der Waals surface area (Å²) in [4.78, 5) is 41.9. The summed E-state index contributed by atoms with van der Waals surface area (Å²) in [6.45, 7) is 0. The second-order valence-corrected chi connectivity index (χ2v) is 7.49. The van der Waals surface area contributed by atoms with Crippen molar-refractivity contribution in [3.8, 4) is 0 Å². The van der Waals surface area contributed by atoms with Gasteiger partial charge in [-0.05, 0) is 17.2 Å². The average molecular weight is 433 g/mol. The van der Waals surface area contributed by atoms with Gasteiger partial charge in [0.2, 0.25) is 0 Å². The van der Waals surface area contributed by atoms with Crippen LogP contribution in [0.5, 0.6) is 0 Å². The van der Waals surface area contributed by atoms with Crippen molar-refractivity contribution in [1.29, 1.82) is 0 Å². The van der Waals surface area contributed by atoms with E-state index in [1.807, 2.05) is 18.2 Å². The van der Waals surface area contributed by atoms with Gasteiger partial charge in [0.05, 0.1) is 16.5 Å². The maximum atomic E-state index is 13.1. The van der Waals surface area contributed by atoms with Crippen LogP contribution in [0.25, 0.3) is 6.08 Å². The number of nitro groups is 1. The van der Waals surface area contributed by atoms with Crippen molar-refractivity contribution in [2.24, 2.45) is 0 Å². The molecule has 0 saturated carbocycles. The number of carbonyl (C=O) groups is 2. The van der Waals surface area contributed by atoms with Crippen LogP contribution in [-0.4, -0.2) is 26.7 Å². The van der Waals surface area contributed by atoms with Crippen molar-refractivity contribution < 1.29 is 19.6 Å². The summed E-state index contributed by atoms with van der Waals surface area (Å²) in [6.07, 6.45) is 4.33. The smallest absolute Gasteiger partial charge is 0.296 e. The van der Waals surface area contributed by atoms with Crippen molar-refractivity contribution in [3.63, 3.8) is 0 Å². The Morgan fingerprint density at radius 1 is 1.19 bits per heavy atom. The van der Waals surface area contributed by atoms with Gasteiger partial charge in [-0.2, -0.15) is 0 Å². The van der Waals surface area contributed by atoms with E-state index in [4.69, 9.17) is 0 Å². The van der Waals surface area contributed by atoms with Gasteiger partial charge in [0, 0.05) is 23.7 Å². The average Bonchev–Trinajstić information content (AvgIpc) is 3.40. The number of non-ortho nitro benzene ring substituents is 1. The molecule has 31 heavy (non-hydrogen) atoms. The van der Waals surface area contributed by atoms with Crippen molar-refractivity contribution in [3.05, 3.63) is 105 Å². The number of aliphatic hydroxyl groups excluding tert-OH is 1. The molecule has 0 fully saturated rings. The van der Waals surface area contributed by atoms with E-state index in [1.54, 1.807) is 29.7 Å². The van der Waals surface area contributed by atoms with Crippen LogP contribution in [0.2, 0.25) is 0 Å². The molecule has 1 atom stereocenters. The van der Waals surface area contributed by atoms with Crippen molar-refractivity contribution in [2.45, 2.75) is 6.04 Å². The van der Waals surface area contributed by atoms with Crippen molar-refractivity contribution in [2.75, 3.05) is 4.90 Å². The number of hydrogen-bond acceptors (Lipinski definition) is 7. The van der Waals surface area contributed by atoms with Crippen molar-refractivity contribution >= 4 is 39.9 Å². The second-order valence-electron chi connectivity index (χ2n) is 6.62. The highest BCUT2D eigenvalue weighted by molar-refractivity contribution is 7.13. The Kier molecular flexibility index (Phi) is 5.42. The molecule has 4 rings (SSSR count). The lowest BCUT2D eigenvalue weighted by atomic mass is 9.95. The Labute approximate surface area is 180 Å². The number of amides is 1. The van der Waals surface area contributed by atoms with Crippen LogP contribution in [0.15, 0.2) is 83.6 Å². The van der Waals surface area contributed by atoms with E-state index in [9.17, 15) is 24.8 Å². The lowest BCUT2D eigenvalue weighted by Crippen LogP contribution is -2.30. The van der Waals surface area contributed by atoms with Crippen molar-refractivity contribution in [1.82, 2.24) is 4.98 Å². The Morgan fingerprint density at radius 2 is 1.97 bits per heavy atom. The third-order valence-electron chi connectivity index (χ3n) is 4.72. The quantitative estimate of drug-likeness (QED) is 0.353. The monoisotopic (exact) mass is 433 g/mol. The number of rotatable bonds is 6. The van der Waals surface area contributed by atoms with Gasteiger partial charge in [0.25, 0.3) is 11.6 Å². The predicted molar refractivity (Wildman–Crippen MR) is 116 cm³/mol. The molecule has 2 heterocycles. The van der Waals surface area contributed by atoms with Crippen LogP contribution >= 0.6 is 11.3 Å². The summed E-state index contributed by atoms with van der Waals surface area (Å²) in [5.41, 5.74) is 0.733. The molecule has 0 aliphatic carbocycles. The first kappa shape index (κ1) is 20.2. The molecule has 3 aromatic rings. The zero-order chi connectivity index (χ0) is 22.0. The highest BCUT2D eigenvalue weighted by Gasteiger charge is 2.45. The molecule has 2 aromatic carbocycles. The van der Waals surface area contributed by atoms with Gasteiger partial charge in [-0.15, -0.1) is 11.3 Å². The lowest BCUT2D eigenvalue weighted by Gasteiger charge is -2.24. The molecular formula is C22H15N3O5S. The summed E-state index contributed by atoms with van der Waals surface area (Å²) in [5, 5.41) is 23.8. The molecule has 8 nitrogen and oxygen atoms in total. The predicted octanol–water partition coefficient (Wildman–Crippen LogP) is 4.23. The number of hydrogen-bond donors (Lipinski definition) is 1. The van der Waals surface area contributed by atoms with Gasteiger partial charge in [0.1, 0.15) is 0 Å². The van der Waals surface area contributed by atoms with E-state index in [0.717, 1.165) is 16.9 Å². The maximum absolute atomic E-state index is 13.1. The van der Waals surface area contributed by atoms with E-state index < -0.39 is 28.4 Å². The third kappa shape index (κ3) is 3.86. The van der Waals surface area contributed by atoms with Gasteiger partial charge in [-0.1, -0.05) is 48.5 Å². The largest absolute Gasteiger partial charge is 0.503 e. The van der Waals surface area contributed by atoms with Crippen LogP contribution in [0.3, 0.4) is 0 Å². The fourth-order valence-electron chi connectivity index (χ4n) is 3.34. The zero-order valence-electron chi connectivity index (χ0n) is 15.9. The topological polar surface area (TPSA) is 114 Å². The first-order valence-corrected chi connectivity index (χ1v) is 10.0. The SMILES string of the molecule is O=C(/C=C/c1ccccc1)C1=C(O)C(=O)N(c2nccs2)C1c1cccc([N+](=O)[O-])c1. The van der Waals surface area contributed by atoms with Crippen LogP contribution < -0.4 is 4.90 Å². The molecule has 0 radical (unpaired) electrons. The zero-order valence-corrected chi connectivity index (χ0v) is 16.7. The normalized spacial score (nSPS) is 16.3. The van der Waals surface area contributed by atoms with Crippen LogP contribution in [-0.2, 0) is 9.59 Å². The van der Waals surface area contributed by atoms with Gasteiger partial charge >= 0.3 is 0 Å². The molecular weight excluding hydrogens is 418 g/mol. The standard InChI is InChI=1S/C22H15N3O5S/c26-17(10-9-14-5-2-1-3-6-14)18-19(15-7-4-8-16(13-15)25(29)30)24(21(28)20(18)27)22-23-11-12-31-22/h1-13,19,27H/b10-9+. The second kappa shape index (κ2) is 8.33. The number of ketones is 1. The first-order valence-electron chi connectivity index (χ1n) is 9.15. The first-order chi connectivity index (χ1) is 15.0. The van der Waals surface area contributed by atoms with Gasteiger partial charge in [0.15, 0.2) is 16.7 Å². The Hall–Kier alpha value is -4.11. The lowest BCUT2D eigenvalue weighted by molar-refractivity contribution is -0.384. The number of anilines is 1.